The minimum atomic E-state index is -0.547. The third-order valence-electron chi connectivity index (χ3n) is 5.32. The SMILES string of the molecule is CC(=O)NC[C@H]1CN(c2ccc(-c3ccc(CCCc4nccs4)cc3)c(F)c2)C(=O)O1. The molecule has 0 spiro atoms. The summed E-state index contributed by atoms with van der Waals surface area (Å²) in [5, 5.41) is 5.76. The molecule has 1 aliphatic heterocycles. The van der Waals surface area contributed by atoms with Gasteiger partial charge in [0.15, 0.2) is 0 Å². The lowest BCUT2D eigenvalue weighted by atomic mass is 10.0. The maximum Gasteiger partial charge on any atom is 0.414 e. The Morgan fingerprint density at radius 1 is 1.25 bits per heavy atom. The fourth-order valence-corrected chi connectivity index (χ4v) is 4.34. The van der Waals surface area contributed by atoms with Gasteiger partial charge >= 0.3 is 6.09 Å². The number of ether oxygens (including phenoxy) is 1. The van der Waals surface area contributed by atoms with E-state index < -0.39 is 18.0 Å². The number of aromatic nitrogens is 1. The van der Waals surface area contributed by atoms with Gasteiger partial charge in [-0.25, -0.2) is 14.2 Å². The molecule has 0 saturated carbocycles. The van der Waals surface area contributed by atoms with Crippen molar-refractivity contribution in [2.75, 3.05) is 18.0 Å². The summed E-state index contributed by atoms with van der Waals surface area (Å²) in [6.07, 6.45) is 3.74. The van der Waals surface area contributed by atoms with Gasteiger partial charge in [-0.05, 0) is 48.6 Å². The average molecular weight is 454 g/mol. The molecule has 166 valence electrons. The zero-order valence-electron chi connectivity index (χ0n) is 17.7. The van der Waals surface area contributed by atoms with E-state index in [4.69, 9.17) is 4.74 Å². The zero-order chi connectivity index (χ0) is 22.5. The molecule has 1 fully saturated rings. The molecular weight excluding hydrogens is 429 g/mol. The highest BCUT2D eigenvalue weighted by molar-refractivity contribution is 7.09. The van der Waals surface area contributed by atoms with Crippen LogP contribution >= 0.6 is 11.3 Å². The number of thiazole rings is 1. The number of amides is 2. The van der Waals surface area contributed by atoms with Gasteiger partial charge in [0.05, 0.1) is 23.8 Å². The number of hydrogen-bond donors (Lipinski definition) is 1. The van der Waals surface area contributed by atoms with Crippen LogP contribution in [0.4, 0.5) is 14.9 Å². The first kappa shape index (κ1) is 22.0. The standard InChI is InChI=1S/C24H24FN3O3S/c1-16(29)27-14-20-15-28(24(30)31-20)19-9-10-21(22(25)13-19)18-7-5-17(6-8-18)3-2-4-23-26-11-12-32-23/h5-13,20H,2-4,14-15H2,1H3,(H,27,29)/t20-/m0/s1. The largest absolute Gasteiger partial charge is 0.442 e. The number of nitrogens with zero attached hydrogens (tertiary/aromatic N) is 2. The molecule has 8 heteroatoms. The smallest absolute Gasteiger partial charge is 0.414 e. The Hall–Kier alpha value is -3.26. The fourth-order valence-electron chi connectivity index (χ4n) is 3.67. The molecule has 0 radical (unpaired) electrons. The molecule has 4 rings (SSSR count). The first-order valence-electron chi connectivity index (χ1n) is 10.5. The van der Waals surface area contributed by atoms with Crippen molar-refractivity contribution in [3.63, 3.8) is 0 Å². The van der Waals surface area contributed by atoms with Crippen LogP contribution in [-0.2, 0) is 22.4 Å². The number of cyclic esters (lactones) is 1. The summed E-state index contributed by atoms with van der Waals surface area (Å²) in [6.45, 7) is 1.89. The molecule has 1 aromatic heterocycles. The molecule has 2 aromatic carbocycles. The Morgan fingerprint density at radius 3 is 2.75 bits per heavy atom. The van der Waals surface area contributed by atoms with Gasteiger partial charge in [-0.2, -0.15) is 0 Å². The summed E-state index contributed by atoms with van der Waals surface area (Å²) in [4.78, 5) is 28.9. The van der Waals surface area contributed by atoms with Crippen LogP contribution in [0, 0.1) is 5.82 Å². The van der Waals surface area contributed by atoms with Crippen molar-refractivity contribution >= 4 is 29.0 Å². The lowest BCUT2D eigenvalue weighted by Gasteiger charge is -2.14. The van der Waals surface area contributed by atoms with E-state index in [1.165, 1.54) is 23.5 Å². The highest BCUT2D eigenvalue weighted by Crippen LogP contribution is 2.29. The summed E-state index contributed by atoms with van der Waals surface area (Å²) in [5.74, 6) is -0.599. The van der Waals surface area contributed by atoms with E-state index in [2.05, 4.69) is 10.3 Å². The fraction of sp³-hybridized carbons (Fsp3) is 0.292. The van der Waals surface area contributed by atoms with Crippen LogP contribution in [0.25, 0.3) is 11.1 Å². The van der Waals surface area contributed by atoms with E-state index in [1.807, 2.05) is 35.8 Å². The number of carbonyl (C=O) groups excluding carboxylic acids is 2. The number of rotatable bonds is 8. The molecule has 1 N–H and O–H groups in total. The quantitative estimate of drug-likeness (QED) is 0.542. The van der Waals surface area contributed by atoms with Gasteiger partial charge in [-0.15, -0.1) is 11.3 Å². The van der Waals surface area contributed by atoms with Gasteiger partial charge in [0.2, 0.25) is 5.91 Å². The number of aryl methyl sites for hydroxylation is 2. The number of nitrogens with one attached hydrogen (secondary N) is 1. The lowest BCUT2D eigenvalue weighted by Crippen LogP contribution is -2.33. The Balaban J connectivity index is 1.38. The van der Waals surface area contributed by atoms with Crippen molar-refractivity contribution in [1.29, 1.82) is 0 Å². The summed E-state index contributed by atoms with van der Waals surface area (Å²) in [6, 6.07) is 12.6. The van der Waals surface area contributed by atoms with Crippen molar-refractivity contribution < 1.29 is 18.7 Å². The van der Waals surface area contributed by atoms with Gasteiger partial charge in [-0.3, -0.25) is 9.69 Å². The molecule has 1 aliphatic rings. The second-order valence-electron chi connectivity index (χ2n) is 7.69. The van der Waals surface area contributed by atoms with Crippen molar-refractivity contribution in [3.8, 4) is 11.1 Å². The summed E-state index contributed by atoms with van der Waals surface area (Å²) in [5.41, 5.74) is 2.89. The zero-order valence-corrected chi connectivity index (χ0v) is 18.5. The van der Waals surface area contributed by atoms with E-state index in [-0.39, 0.29) is 19.0 Å². The molecule has 3 aromatic rings. The minimum absolute atomic E-state index is 0.194. The Labute approximate surface area is 190 Å². The summed E-state index contributed by atoms with van der Waals surface area (Å²) < 4.78 is 20.1. The lowest BCUT2D eigenvalue weighted by molar-refractivity contribution is -0.119. The topological polar surface area (TPSA) is 71.5 Å². The van der Waals surface area contributed by atoms with E-state index in [1.54, 1.807) is 23.5 Å². The number of hydrogen-bond acceptors (Lipinski definition) is 5. The number of carbonyl (C=O) groups is 2. The average Bonchev–Trinajstić information content (AvgIpc) is 3.42. The first-order valence-corrected chi connectivity index (χ1v) is 11.4. The molecule has 6 nitrogen and oxygen atoms in total. The Bertz CT molecular complexity index is 1090. The van der Waals surface area contributed by atoms with Gasteiger partial charge in [0.25, 0.3) is 0 Å². The molecule has 0 bridgehead atoms. The molecular formula is C24H24FN3O3S. The van der Waals surface area contributed by atoms with Gasteiger partial charge in [0.1, 0.15) is 11.9 Å². The molecule has 2 heterocycles. The maximum atomic E-state index is 14.9. The van der Waals surface area contributed by atoms with Crippen LogP contribution in [0.1, 0.15) is 23.9 Å². The van der Waals surface area contributed by atoms with E-state index >= 15 is 0 Å². The number of halogens is 1. The van der Waals surface area contributed by atoms with Crippen LogP contribution < -0.4 is 10.2 Å². The maximum absolute atomic E-state index is 14.9. The van der Waals surface area contributed by atoms with Crippen LogP contribution in [0.3, 0.4) is 0 Å². The van der Waals surface area contributed by atoms with Gasteiger partial charge in [0, 0.05) is 24.1 Å². The number of benzene rings is 2. The monoisotopic (exact) mass is 453 g/mol. The van der Waals surface area contributed by atoms with Crippen LogP contribution in [0.2, 0.25) is 0 Å². The van der Waals surface area contributed by atoms with Crippen LogP contribution in [0.5, 0.6) is 0 Å². The second kappa shape index (κ2) is 9.91. The number of anilines is 1. The Morgan fingerprint density at radius 2 is 2.06 bits per heavy atom. The molecule has 0 aliphatic carbocycles. The van der Waals surface area contributed by atoms with E-state index in [0.717, 1.165) is 29.8 Å². The van der Waals surface area contributed by atoms with E-state index in [0.29, 0.717) is 11.3 Å². The normalized spacial score (nSPS) is 15.6. The Kier molecular flexibility index (Phi) is 6.80. The van der Waals surface area contributed by atoms with Gasteiger partial charge < -0.3 is 10.1 Å². The molecule has 2 amide bonds. The summed E-state index contributed by atoms with van der Waals surface area (Å²) in [7, 11) is 0. The minimum Gasteiger partial charge on any atom is -0.442 e. The highest BCUT2D eigenvalue weighted by Gasteiger charge is 2.32. The van der Waals surface area contributed by atoms with Crippen LogP contribution in [-0.4, -0.2) is 36.2 Å². The van der Waals surface area contributed by atoms with Crippen LogP contribution in [0.15, 0.2) is 54.0 Å². The summed E-state index contributed by atoms with van der Waals surface area (Å²) >= 11 is 1.67. The molecule has 32 heavy (non-hydrogen) atoms. The van der Waals surface area contributed by atoms with Crippen molar-refractivity contribution in [2.45, 2.75) is 32.3 Å². The predicted molar refractivity (Wildman–Crippen MR) is 122 cm³/mol. The highest BCUT2D eigenvalue weighted by atomic mass is 32.1. The molecule has 0 unspecified atom stereocenters. The molecule has 1 atom stereocenters. The predicted octanol–water partition coefficient (Wildman–Crippen LogP) is 4.59. The second-order valence-corrected chi connectivity index (χ2v) is 8.67. The van der Waals surface area contributed by atoms with Crippen molar-refractivity contribution in [3.05, 3.63) is 70.4 Å². The van der Waals surface area contributed by atoms with E-state index in [9.17, 15) is 14.0 Å². The van der Waals surface area contributed by atoms with Crippen molar-refractivity contribution in [2.24, 2.45) is 0 Å². The van der Waals surface area contributed by atoms with Crippen molar-refractivity contribution in [1.82, 2.24) is 10.3 Å². The molecule has 1 saturated heterocycles. The van der Waals surface area contributed by atoms with Gasteiger partial charge in [-0.1, -0.05) is 24.3 Å². The first-order chi connectivity index (χ1) is 15.5. The third-order valence-corrected chi connectivity index (χ3v) is 6.16. The third kappa shape index (κ3) is 5.31.